The van der Waals surface area contributed by atoms with Crippen molar-refractivity contribution in [2.45, 2.75) is 39.2 Å². The van der Waals surface area contributed by atoms with Gasteiger partial charge in [0.2, 0.25) is 5.91 Å². The van der Waals surface area contributed by atoms with E-state index in [1.165, 1.54) is 0 Å². The number of aromatic nitrogens is 2. The number of aliphatic hydroxyl groups excluding tert-OH is 1. The average molecular weight is 343 g/mol. The summed E-state index contributed by atoms with van der Waals surface area (Å²) in [5, 5.41) is 9.36. The van der Waals surface area contributed by atoms with E-state index in [0.29, 0.717) is 25.0 Å². The minimum absolute atomic E-state index is 0.00713. The molecule has 25 heavy (non-hydrogen) atoms. The molecular formula is C19H25N3O3. The van der Waals surface area contributed by atoms with Crippen LogP contribution >= 0.6 is 0 Å². The second-order valence-electron chi connectivity index (χ2n) is 6.17. The lowest BCUT2D eigenvalue weighted by Gasteiger charge is -2.28. The summed E-state index contributed by atoms with van der Waals surface area (Å²) in [5.41, 5.74) is 2.95. The monoisotopic (exact) mass is 343 g/mol. The van der Waals surface area contributed by atoms with Gasteiger partial charge in [0.05, 0.1) is 6.04 Å². The summed E-state index contributed by atoms with van der Waals surface area (Å²) < 4.78 is 0. The van der Waals surface area contributed by atoms with Crippen molar-refractivity contribution in [3.8, 4) is 0 Å². The second kappa shape index (κ2) is 8.58. The lowest BCUT2D eigenvalue weighted by Crippen LogP contribution is -2.32. The zero-order valence-electron chi connectivity index (χ0n) is 15.0. The highest BCUT2D eigenvalue weighted by atomic mass is 16.3. The Hall–Kier alpha value is -2.47. The molecule has 0 saturated carbocycles. The van der Waals surface area contributed by atoms with Gasteiger partial charge in [-0.25, -0.2) is 4.79 Å². The van der Waals surface area contributed by atoms with Crippen molar-refractivity contribution in [1.29, 1.82) is 0 Å². The van der Waals surface area contributed by atoms with Crippen molar-refractivity contribution in [3.05, 3.63) is 63.3 Å². The number of carbonyl (C=O) groups excluding carboxylic acids is 1. The van der Waals surface area contributed by atoms with E-state index in [-0.39, 0.29) is 24.2 Å². The van der Waals surface area contributed by atoms with Crippen molar-refractivity contribution in [2.24, 2.45) is 0 Å². The first-order valence-corrected chi connectivity index (χ1v) is 8.42. The van der Waals surface area contributed by atoms with Crippen LogP contribution in [-0.2, 0) is 11.2 Å². The van der Waals surface area contributed by atoms with Gasteiger partial charge < -0.3 is 15.0 Å². The SMILES string of the molecule is Cc1nc(=O)[nH]c(C)c1CCC(=O)N(C)C(CCO)c1ccccc1. The highest BCUT2D eigenvalue weighted by Crippen LogP contribution is 2.24. The topological polar surface area (TPSA) is 86.3 Å². The number of carbonyl (C=O) groups is 1. The number of nitrogens with one attached hydrogen (secondary N) is 1. The first kappa shape index (κ1) is 18.9. The van der Waals surface area contributed by atoms with Crippen LogP contribution in [-0.4, -0.2) is 39.5 Å². The van der Waals surface area contributed by atoms with Crippen molar-refractivity contribution < 1.29 is 9.90 Å². The molecule has 0 bridgehead atoms. The van der Waals surface area contributed by atoms with Gasteiger partial charge in [-0.15, -0.1) is 0 Å². The molecule has 6 heteroatoms. The quantitative estimate of drug-likeness (QED) is 0.804. The molecule has 2 rings (SSSR count). The third kappa shape index (κ3) is 4.76. The Morgan fingerprint density at radius 1 is 1.28 bits per heavy atom. The minimum Gasteiger partial charge on any atom is -0.396 e. The van der Waals surface area contributed by atoms with Gasteiger partial charge >= 0.3 is 5.69 Å². The Balaban J connectivity index is 2.10. The van der Waals surface area contributed by atoms with E-state index in [9.17, 15) is 14.7 Å². The molecular weight excluding hydrogens is 318 g/mol. The number of H-pyrrole nitrogens is 1. The molecule has 0 radical (unpaired) electrons. The number of amides is 1. The van der Waals surface area contributed by atoms with Gasteiger partial charge in [0.25, 0.3) is 0 Å². The van der Waals surface area contributed by atoms with E-state index in [0.717, 1.165) is 16.8 Å². The number of hydrogen-bond donors (Lipinski definition) is 2. The molecule has 1 atom stereocenters. The minimum atomic E-state index is -0.366. The molecule has 1 aromatic carbocycles. The van der Waals surface area contributed by atoms with Gasteiger partial charge in [0, 0.05) is 31.5 Å². The van der Waals surface area contributed by atoms with Crippen LogP contribution in [0.4, 0.5) is 0 Å². The number of aromatic amines is 1. The van der Waals surface area contributed by atoms with E-state index in [1.807, 2.05) is 37.3 Å². The van der Waals surface area contributed by atoms with Gasteiger partial charge in [-0.1, -0.05) is 30.3 Å². The smallest absolute Gasteiger partial charge is 0.345 e. The molecule has 0 aliphatic heterocycles. The van der Waals surface area contributed by atoms with Crippen LogP contribution in [0.25, 0.3) is 0 Å². The number of hydrogen-bond acceptors (Lipinski definition) is 4. The molecule has 0 fully saturated rings. The number of aliphatic hydroxyl groups is 1. The maximum atomic E-state index is 12.6. The predicted octanol–water partition coefficient (Wildman–Crippen LogP) is 1.90. The molecule has 1 aromatic heterocycles. The standard InChI is InChI=1S/C19H25N3O3/c1-13-16(14(2)21-19(25)20-13)9-10-18(24)22(3)17(11-12-23)15-7-5-4-6-8-15/h4-8,17,23H,9-12H2,1-3H3,(H,20,21,25). The Morgan fingerprint density at radius 2 is 1.96 bits per heavy atom. The fraction of sp³-hybridized carbons (Fsp3) is 0.421. The van der Waals surface area contributed by atoms with Gasteiger partial charge in [-0.05, 0) is 37.8 Å². The largest absolute Gasteiger partial charge is 0.396 e. The van der Waals surface area contributed by atoms with Crippen LogP contribution in [0.1, 0.15) is 41.4 Å². The molecule has 2 aromatic rings. The molecule has 1 heterocycles. The molecule has 134 valence electrons. The van der Waals surface area contributed by atoms with E-state index in [1.54, 1.807) is 18.9 Å². The Kier molecular flexibility index (Phi) is 6.47. The summed E-state index contributed by atoms with van der Waals surface area (Å²) in [6.07, 6.45) is 1.33. The Labute approximate surface area is 147 Å². The van der Waals surface area contributed by atoms with Crippen LogP contribution < -0.4 is 5.69 Å². The van der Waals surface area contributed by atoms with Gasteiger partial charge in [-0.3, -0.25) is 4.79 Å². The fourth-order valence-corrected chi connectivity index (χ4v) is 3.09. The van der Waals surface area contributed by atoms with Crippen molar-refractivity contribution in [2.75, 3.05) is 13.7 Å². The van der Waals surface area contributed by atoms with Gasteiger partial charge in [-0.2, -0.15) is 4.98 Å². The van der Waals surface area contributed by atoms with Crippen LogP contribution in [0.2, 0.25) is 0 Å². The third-order valence-electron chi connectivity index (χ3n) is 4.49. The highest BCUT2D eigenvalue weighted by Gasteiger charge is 2.21. The lowest BCUT2D eigenvalue weighted by atomic mass is 10.0. The maximum absolute atomic E-state index is 12.6. The summed E-state index contributed by atoms with van der Waals surface area (Å²) in [5.74, 6) is -0.00713. The van der Waals surface area contributed by atoms with E-state index < -0.39 is 0 Å². The molecule has 0 saturated heterocycles. The normalized spacial score (nSPS) is 12.0. The molecule has 0 spiro atoms. The molecule has 0 aliphatic rings. The zero-order chi connectivity index (χ0) is 18.4. The molecule has 1 amide bonds. The predicted molar refractivity (Wildman–Crippen MR) is 96.3 cm³/mol. The second-order valence-corrected chi connectivity index (χ2v) is 6.17. The number of benzene rings is 1. The van der Waals surface area contributed by atoms with Gasteiger partial charge in [0.1, 0.15) is 0 Å². The van der Waals surface area contributed by atoms with E-state index in [2.05, 4.69) is 9.97 Å². The summed E-state index contributed by atoms with van der Waals surface area (Å²) in [7, 11) is 1.76. The Bertz CT molecular complexity index is 745. The Morgan fingerprint density at radius 3 is 2.56 bits per heavy atom. The first-order chi connectivity index (χ1) is 11.9. The first-order valence-electron chi connectivity index (χ1n) is 8.42. The number of rotatable bonds is 7. The summed E-state index contributed by atoms with van der Waals surface area (Å²) in [4.78, 5) is 32.3. The average Bonchev–Trinajstić information content (AvgIpc) is 2.58. The van der Waals surface area contributed by atoms with Crippen LogP contribution in [0.5, 0.6) is 0 Å². The van der Waals surface area contributed by atoms with E-state index in [4.69, 9.17) is 0 Å². The van der Waals surface area contributed by atoms with Crippen LogP contribution in [0, 0.1) is 13.8 Å². The van der Waals surface area contributed by atoms with Crippen LogP contribution in [0.3, 0.4) is 0 Å². The molecule has 6 nitrogen and oxygen atoms in total. The summed E-state index contributed by atoms with van der Waals surface area (Å²) in [6, 6.07) is 9.55. The molecule has 1 unspecified atom stereocenters. The van der Waals surface area contributed by atoms with Crippen molar-refractivity contribution in [3.63, 3.8) is 0 Å². The summed E-state index contributed by atoms with van der Waals surface area (Å²) in [6.45, 7) is 3.61. The molecule has 2 N–H and O–H groups in total. The van der Waals surface area contributed by atoms with Gasteiger partial charge in [0.15, 0.2) is 0 Å². The zero-order valence-corrected chi connectivity index (χ0v) is 15.0. The summed E-state index contributed by atoms with van der Waals surface area (Å²) >= 11 is 0. The number of aryl methyl sites for hydroxylation is 2. The van der Waals surface area contributed by atoms with Crippen LogP contribution in [0.15, 0.2) is 35.1 Å². The lowest BCUT2D eigenvalue weighted by molar-refractivity contribution is -0.132. The van der Waals surface area contributed by atoms with E-state index >= 15 is 0 Å². The number of nitrogens with zero attached hydrogens (tertiary/aromatic N) is 2. The fourth-order valence-electron chi connectivity index (χ4n) is 3.09. The van der Waals surface area contributed by atoms with Crippen molar-refractivity contribution in [1.82, 2.24) is 14.9 Å². The maximum Gasteiger partial charge on any atom is 0.345 e. The molecule has 0 aliphatic carbocycles. The van der Waals surface area contributed by atoms with Crippen molar-refractivity contribution >= 4 is 5.91 Å². The third-order valence-corrected chi connectivity index (χ3v) is 4.49. The highest BCUT2D eigenvalue weighted by molar-refractivity contribution is 5.76.